The van der Waals surface area contributed by atoms with Crippen LogP contribution in [0.15, 0.2) is 34.1 Å². The molecule has 90 valence electrons. The Bertz CT molecular complexity index is 554. The van der Waals surface area contributed by atoms with Crippen LogP contribution < -0.4 is 4.80 Å². The molecule has 2 aromatic rings. The summed E-state index contributed by atoms with van der Waals surface area (Å²) in [5, 5.41) is 13.8. The molecule has 0 aliphatic carbocycles. The smallest absolute Gasteiger partial charge is 0.245 e. The molecule has 2 aromatic heterocycles. The Balaban J connectivity index is 2.20. The van der Waals surface area contributed by atoms with Crippen molar-refractivity contribution >= 4 is 28.6 Å². The summed E-state index contributed by atoms with van der Waals surface area (Å²) in [6, 6.07) is 3.80. The van der Waals surface area contributed by atoms with Crippen molar-refractivity contribution in [2.24, 2.45) is 4.99 Å². The Labute approximate surface area is 107 Å². The number of thiazole rings is 1. The van der Waals surface area contributed by atoms with E-state index in [1.54, 1.807) is 4.57 Å². The van der Waals surface area contributed by atoms with Crippen molar-refractivity contribution in [1.82, 2.24) is 4.57 Å². The van der Waals surface area contributed by atoms with Gasteiger partial charge >= 0.3 is 0 Å². The number of aliphatic hydroxyl groups is 1. The molecule has 0 saturated heterocycles. The highest BCUT2D eigenvalue weighted by molar-refractivity contribution is 7.10. The fraction of sp³-hybridized carbons (Fsp3) is 0.273. The maximum atomic E-state index is 10.9. The highest BCUT2D eigenvalue weighted by atomic mass is 32.1. The molecule has 1 N–H and O–H groups in total. The molecule has 0 saturated carbocycles. The van der Waals surface area contributed by atoms with E-state index in [0.717, 1.165) is 4.88 Å². The van der Waals surface area contributed by atoms with E-state index in [-0.39, 0.29) is 5.91 Å². The van der Waals surface area contributed by atoms with Crippen molar-refractivity contribution in [3.63, 3.8) is 0 Å². The molecule has 2 heterocycles. The van der Waals surface area contributed by atoms with E-state index in [4.69, 9.17) is 0 Å². The zero-order valence-electron chi connectivity index (χ0n) is 9.24. The topological polar surface area (TPSA) is 54.6 Å². The van der Waals surface area contributed by atoms with Crippen molar-refractivity contribution in [3.8, 4) is 0 Å². The van der Waals surface area contributed by atoms with Crippen molar-refractivity contribution in [3.05, 3.63) is 38.8 Å². The highest BCUT2D eigenvalue weighted by Crippen LogP contribution is 2.19. The number of hydrogen-bond donors (Lipinski definition) is 1. The van der Waals surface area contributed by atoms with Crippen LogP contribution in [0.25, 0.3) is 0 Å². The van der Waals surface area contributed by atoms with Crippen LogP contribution in [-0.2, 0) is 11.3 Å². The molecule has 0 aromatic carbocycles. The van der Waals surface area contributed by atoms with Crippen molar-refractivity contribution in [1.29, 1.82) is 0 Å². The van der Waals surface area contributed by atoms with E-state index in [1.807, 2.05) is 29.1 Å². The molecule has 0 aliphatic heterocycles. The Kier molecular flexibility index (Phi) is 3.88. The standard InChI is InChI=1S/C11H12N2O2S2/c1-8(14)12-11-13(4-6-17-11)7-9(15)10-3-2-5-16-10/h2-6,9,15H,7H2,1H3/b12-11+. The predicted octanol–water partition coefficient (Wildman–Crippen LogP) is 1.79. The van der Waals surface area contributed by atoms with E-state index in [9.17, 15) is 9.90 Å². The van der Waals surface area contributed by atoms with Crippen LogP contribution in [0.1, 0.15) is 17.9 Å². The van der Waals surface area contributed by atoms with Gasteiger partial charge in [0.15, 0.2) is 4.80 Å². The molecule has 0 aliphatic rings. The molecule has 17 heavy (non-hydrogen) atoms. The minimum Gasteiger partial charge on any atom is -0.386 e. The Morgan fingerprint density at radius 1 is 1.53 bits per heavy atom. The fourth-order valence-electron chi connectivity index (χ4n) is 1.42. The first-order chi connectivity index (χ1) is 8.16. The molecule has 2 rings (SSSR count). The van der Waals surface area contributed by atoms with Gasteiger partial charge in [-0.1, -0.05) is 6.07 Å². The third-order valence-corrected chi connectivity index (χ3v) is 3.92. The number of carbonyl (C=O) groups is 1. The zero-order chi connectivity index (χ0) is 12.3. The maximum absolute atomic E-state index is 10.9. The lowest BCUT2D eigenvalue weighted by Gasteiger charge is -2.09. The molecule has 6 heteroatoms. The first kappa shape index (κ1) is 12.2. The van der Waals surface area contributed by atoms with Gasteiger partial charge in [-0.15, -0.1) is 22.7 Å². The maximum Gasteiger partial charge on any atom is 0.245 e. The number of rotatable bonds is 3. The van der Waals surface area contributed by atoms with Gasteiger partial charge in [-0.3, -0.25) is 4.79 Å². The lowest BCUT2D eigenvalue weighted by atomic mass is 10.3. The predicted molar refractivity (Wildman–Crippen MR) is 67.8 cm³/mol. The molecular formula is C11H12N2O2S2. The summed E-state index contributed by atoms with van der Waals surface area (Å²) in [7, 11) is 0. The van der Waals surface area contributed by atoms with Crippen LogP contribution in [-0.4, -0.2) is 15.6 Å². The average Bonchev–Trinajstić information content (AvgIpc) is 2.89. The van der Waals surface area contributed by atoms with E-state index in [1.165, 1.54) is 29.6 Å². The second-order valence-corrected chi connectivity index (χ2v) is 5.35. The Morgan fingerprint density at radius 3 is 3.00 bits per heavy atom. The molecule has 0 fully saturated rings. The first-order valence-electron chi connectivity index (χ1n) is 5.07. The minimum absolute atomic E-state index is 0.230. The summed E-state index contributed by atoms with van der Waals surface area (Å²) >= 11 is 2.90. The van der Waals surface area contributed by atoms with Gasteiger partial charge in [0.2, 0.25) is 5.91 Å². The van der Waals surface area contributed by atoms with Crippen LogP contribution in [0.3, 0.4) is 0 Å². The molecule has 1 unspecified atom stereocenters. The van der Waals surface area contributed by atoms with Crippen LogP contribution >= 0.6 is 22.7 Å². The van der Waals surface area contributed by atoms with Gasteiger partial charge in [-0.2, -0.15) is 4.99 Å². The van der Waals surface area contributed by atoms with Crippen LogP contribution in [0.2, 0.25) is 0 Å². The number of amides is 1. The van der Waals surface area contributed by atoms with E-state index >= 15 is 0 Å². The molecular weight excluding hydrogens is 256 g/mol. The Hall–Kier alpha value is -1.24. The SMILES string of the molecule is CC(=O)/N=c1/sccn1CC(O)c1cccs1. The van der Waals surface area contributed by atoms with Crippen LogP contribution in [0.4, 0.5) is 0 Å². The van der Waals surface area contributed by atoms with E-state index < -0.39 is 6.10 Å². The van der Waals surface area contributed by atoms with Gasteiger partial charge in [0, 0.05) is 23.4 Å². The monoisotopic (exact) mass is 268 g/mol. The number of nitrogens with zero attached hydrogens (tertiary/aromatic N) is 2. The van der Waals surface area contributed by atoms with Gasteiger partial charge in [0.25, 0.3) is 0 Å². The zero-order valence-corrected chi connectivity index (χ0v) is 10.9. The van der Waals surface area contributed by atoms with Gasteiger partial charge in [0.1, 0.15) is 6.10 Å². The lowest BCUT2D eigenvalue weighted by molar-refractivity contribution is -0.116. The first-order valence-corrected chi connectivity index (χ1v) is 6.83. The van der Waals surface area contributed by atoms with Gasteiger partial charge in [-0.25, -0.2) is 0 Å². The summed E-state index contributed by atoms with van der Waals surface area (Å²) in [6.45, 7) is 1.83. The average molecular weight is 268 g/mol. The fourth-order valence-corrected chi connectivity index (χ4v) is 2.90. The van der Waals surface area contributed by atoms with E-state index in [0.29, 0.717) is 11.3 Å². The third-order valence-electron chi connectivity index (χ3n) is 2.15. The molecule has 0 bridgehead atoms. The number of aliphatic hydroxyl groups excluding tert-OH is 1. The summed E-state index contributed by atoms with van der Waals surface area (Å²) in [5.41, 5.74) is 0. The molecule has 1 amide bonds. The number of carbonyl (C=O) groups excluding carboxylic acids is 1. The Morgan fingerprint density at radius 2 is 2.35 bits per heavy atom. The molecule has 0 radical (unpaired) electrons. The number of aromatic nitrogens is 1. The van der Waals surface area contributed by atoms with Crippen LogP contribution in [0, 0.1) is 0 Å². The quantitative estimate of drug-likeness (QED) is 0.922. The summed E-state index contributed by atoms with van der Waals surface area (Å²) in [5.74, 6) is -0.230. The summed E-state index contributed by atoms with van der Waals surface area (Å²) in [6.07, 6.45) is 1.26. The second kappa shape index (κ2) is 5.39. The minimum atomic E-state index is -0.560. The molecule has 0 spiro atoms. The second-order valence-electron chi connectivity index (χ2n) is 3.50. The van der Waals surface area contributed by atoms with Crippen molar-refractivity contribution in [2.45, 2.75) is 19.6 Å². The van der Waals surface area contributed by atoms with Crippen LogP contribution in [0.5, 0.6) is 0 Å². The van der Waals surface area contributed by atoms with E-state index in [2.05, 4.69) is 4.99 Å². The van der Waals surface area contributed by atoms with Crippen molar-refractivity contribution < 1.29 is 9.90 Å². The van der Waals surface area contributed by atoms with Crippen molar-refractivity contribution in [2.75, 3.05) is 0 Å². The molecule has 4 nitrogen and oxygen atoms in total. The largest absolute Gasteiger partial charge is 0.386 e. The third kappa shape index (κ3) is 3.12. The summed E-state index contributed by atoms with van der Waals surface area (Å²) in [4.78, 5) is 16.4. The van der Waals surface area contributed by atoms with Gasteiger partial charge < -0.3 is 9.67 Å². The van der Waals surface area contributed by atoms with Gasteiger partial charge in [0.05, 0.1) is 6.54 Å². The molecule has 1 atom stereocenters. The number of hydrogen-bond acceptors (Lipinski definition) is 4. The lowest BCUT2D eigenvalue weighted by Crippen LogP contribution is -2.19. The summed E-state index contributed by atoms with van der Waals surface area (Å²) < 4.78 is 1.79. The number of thiophene rings is 1. The normalized spacial score (nSPS) is 13.9. The van der Waals surface area contributed by atoms with Gasteiger partial charge in [-0.05, 0) is 11.4 Å². The highest BCUT2D eigenvalue weighted by Gasteiger charge is 2.10.